The van der Waals surface area contributed by atoms with Crippen molar-refractivity contribution in [2.24, 2.45) is 5.92 Å². The lowest BCUT2D eigenvalue weighted by Gasteiger charge is -2.43. The molecule has 0 saturated carbocycles. The second-order valence-electron chi connectivity index (χ2n) is 9.61. The van der Waals surface area contributed by atoms with Gasteiger partial charge in [0.25, 0.3) is 0 Å². The van der Waals surface area contributed by atoms with Crippen LogP contribution < -0.4 is 5.32 Å². The van der Waals surface area contributed by atoms with Crippen LogP contribution in [0.25, 0.3) is 0 Å². The molecule has 2 aliphatic rings. The number of hydrogen-bond donors (Lipinski definition) is 1. The quantitative estimate of drug-likeness (QED) is 0.720. The molecule has 0 spiro atoms. The molecule has 32 heavy (non-hydrogen) atoms. The molecule has 2 aliphatic heterocycles. The third-order valence-corrected chi connectivity index (χ3v) is 7.27. The van der Waals surface area contributed by atoms with Gasteiger partial charge in [0, 0.05) is 42.6 Å². The molecule has 0 unspecified atom stereocenters. The Morgan fingerprint density at radius 3 is 2.53 bits per heavy atom. The average Bonchev–Trinajstić information content (AvgIpc) is 3.14. The Labute approximate surface area is 192 Å². The predicted octanol–water partition coefficient (Wildman–Crippen LogP) is 2.78. The standard InChI is InChI=1S/C25H38N6O/c1-19-15-20(2)31(28-19)18-21(3)29-13-8-24(9-14-29)30-11-6-23(7-12-30)25(32)27-17-22-5-4-10-26-16-22/h4-5,10,15-16,21,23-24H,6-9,11-14,17-18H2,1-3H3,(H,27,32)/t21-/m1/s1. The Kier molecular flexibility index (Phi) is 7.58. The fraction of sp³-hybridized carbons (Fsp3) is 0.640. The van der Waals surface area contributed by atoms with Gasteiger partial charge in [-0.2, -0.15) is 5.10 Å². The average molecular weight is 439 g/mol. The number of piperidine rings is 2. The molecule has 0 bridgehead atoms. The summed E-state index contributed by atoms with van der Waals surface area (Å²) < 4.78 is 2.15. The van der Waals surface area contributed by atoms with Crippen molar-refractivity contribution in [1.29, 1.82) is 0 Å². The monoisotopic (exact) mass is 438 g/mol. The fourth-order valence-corrected chi connectivity index (χ4v) is 5.28. The van der Waals surface area contributed by atoms with Crippen LogP contribution in [0.1, 0.15) is 49.6 Å². The van der Waals surface area contributed by atoms with E-state index in [1.165, 1.54) is 18.5 Å². The molecule has 2 aromatic heterocycles. The number of carbonyl (C=O) groups excluding carboxylic acids is 1. The van der Waals surface area contributed by atoms with Crippen LogP contribution in [0.5, 0.6) is 0 Å². The number of aromatic nitrogens is 3. The maximum Gasteiger partial charge on any atom is 0.223 e. The van der Waals surface area contributed by atoms with Crippen molar-refractivity contribution < 1.29 is 4.79 Å². The molecule has 0 radical (unpaired) electrons. The first kappa shape index (κ1) is 22.9. The maximum atomic E-state index is 12.6. The van der Waals surface area contributed by atoms with Crippen molar-refractivity contribution in [3.63, 3.8) is 0 Å². The molecule has 1 amide bonds. The number of likely N-dealkylation sites (tertiary alicyclic amines) is 2. The number of pyridine rings is 1. The maximum absolute atomic E-state index is 12.6. The van der Waals surface area contributed by atoms with Crippen molar-refractivity contribution >= 4 is 5.91 Å². The number of carbonyl (C=O) groups is 1. The topological polar surface area (TPSA) is 66.3 Å². The van der Waals surface area contributed by atoms with Gasteiger partial charge in [0.1, 0.15) is 0 Å². The van der Waals surface area contributed by atoms with E-state index in [2.05, 4.69) is 56.7 Å². The Morgan fingerprint density at radius 2 is 1.91 bits per heavy atom. The zero-order valence-corrected chi connectivity index (χ0v) is 19.8. The van der Waals surface area contributed by atoms with Gasteiger partial charge in [-0.05, 0) is 90.3 Å². The lowest BCUT2D eigenvalue weighted by atomic mass is 9.92. The minimum atomic E-state index is 0.142. The van der Waals surface area contributed by atoms with E-state index in [1.54, 1.807) is 6.20 Å². The molecule has 2 saturated heterocycles. The molecule has 1 atom stereocenters. The minimum Gasteiger partial charge on any atom is -0.352 e. The molecule has 0 aliphatic carbocycles. The Balaban J connectivity index is 1.17. The Hall–Kier alpha value is -2.25. The molecule has 1 N–H and O–H groups in total. The number of aryl methyl sites for hydroxylation is 2. The van der Waals surface area contributed by atoms with Crippen molar-refractivity contribution in [2.75, 3.05) is 26.2 Å². The van der Waals surface area contributed by atoms with Crippen molar-refractivity contribution in [2.45, 2.75) is 71.6 Å². The van der Waals surface area contributed by atoms with Crippen LogP contribution >= 0.6 is 0 Å². The van der Waals surface area contributed by atoms with E-state index in [0.717, 1.165) is 56.8 Å². The largest absolute Gasteiger partial charge is 0.352 e. The number of nitrogens with one attached hydrogen (secondary N) is 1. The highest BCUT2D eigenvalue weighted by Crippen LogP contribution is 2.25. The summed E-state index contributed by atoms with van der Waals surface area (Å²) >= 11 is 0. The lowest BCUT2D eigenvalue weighted by Crippen LogP contribution is -2.51. The molecular weight excluding hydrogens is 400 g/mol. The van der Waals surface area contributed by atoms with E-state index >= 15 is 0 Å². The zero-order chi connectivity index (χ0) is 22.5. The normalized spacial score (nSPS) is 20.3. The lowest BCUT2D eigenvalue weighted by molar-refractivity contribution is -0.126. The summed E-state index contributed by atoms with van der Waals surface area (Å²) in [6, 6.07) is 7.22. The van der Waals surface area contributed by atoms with Gasteiger partial charge in [-0.25, -0.2) is 0 Å². The summed E-state index contributed by atoms with van der Waals surface area (Å²) in [5.74, 6) is 0.338. The van der Waals surface area contributed by atoms with Crippen LogP contribution in [0.2, 0.25) is 0 Å². The number of amides is 1. The molecule has 7 nitrogen and oxygen atoms in total. The number of nitrogens with zero attached hydrogens (tertiary/aromatic N) is 5. The van der Waals surface area contributed by atoms with E-state index in [9.17, 15) is 4.79 Å². The molecule has 2 aromatic rings. The molecular formula is C25H38N6O. The second-order valence-corrected chi connectivity index (χ2v) is 9.61. The summed E-state index contributed by atoms with van der Waals surface area (Å²) in [5, 5.41) is 7.73. The van der Waals surface area contributed by atoms with Gasteiger partial charge in [-0.1, -0.05) is 6.07 Å². The molecule has 0 aromatic carbocycles. The first-order chi connectivity index (χ1) is 15.5. The first-order valence-electron chi connectivity index (χ1n) is 12.2. The van der Waals surface area contributed by atoms with Crippen LogP contribution in [0, 0.1) is 19.8 Å². The summed E-state index contributed by atoms with van der Waals surface area (Å²) in [6.45, 7) is 12.4. The summed E-state index contributed by atoms with van der Waals surface area (Å²) in [6.07, 6.45) is 7.94. The highest BCUT2D eigenvalue weighted by atomic mass is 16.1. The number of rotatable bonds is 7. The molecule has 2 fully saturated rings. The third-order valence-electron chi connectivity index (χ3n) is 7.27. The Morgan fingerprint density at radius 1 is 1.16 bits per heavy atom. The molecule has 4 heterocycles. The summed E-state index contributed by atoms with van der Waals surface area (Å²) in [5.41, 5.74) is 3.40. The predicted molar refractivity (Wildman–Crippen MR) is 126 cm³/mol. The van der Waals surface area contributed by atoms with Crippen molar-refractivity contribution in [3.8, 4) is 0 Å². The van der Waals surface area contributed by atoms with Gasteiger partial charge in [0.15, 0.2) is 0 Å². The van der Waals surface area contributed by atoms with Gasteiger partial charge >= 0.3 is 0 Å². The van der Waals surface area contributed by atoms with Gasteiger partial charge in [0.2, 0.25) is 5.91 Å². The van der Waals surface area contributed by atoms with E-state index in [4.69, 9.17) is 0 Å². The van der Waals surface area contributed by atoms with Gasteiger partial charge in [-0.15, -0.1) is 0 Å². The fourth-order valence-electron chi connectivity index (χ4n) is 5.28. The van der Waals surface area contributed by atoms with E-state index in [-0.39, 0.29) is 11.8 Å². The molecule has 174 valence electrons. The third kappa shape index (κ3) is 5.75. The molecule has 4 rings (SSSR count). The van der Waals surface area contributed by atoms with Crippen LogP contribution in [0.15, 0.2) is 30.6 Å². The smallest absolute Gasteiger partial charge is 0.223 e. The number of hydrogen-bond acceptors (Lipinski definition) is 5. The van der Waals surface area contributed by atoms with Crippen LogP contribution in [0.3, 0.4) is 0 Å². The zero-order valence-electron chi connectivity index (χ0n) is 19.8. The van der Waals surface area contributed by atoms with Crippen LogP contribution in [-0.2, 0) is 17.9 Å². The van der Waals surface area contributed by atoms with E-state index < -0.39 is 0 Å². The second kappa shape index (κ2) is 10.6. The van der Waals surface area contributed by atoms with Gasteiger partial charge in [-0.3, -0.25) is 19.4 Å². The van der Waals surface area contributed by atoms with Gasteiger partial charge in [0.05, 0.1) is 12.2 Å². The highest BCUT2D eigenvalue weighted by molar-refractivity contribution is 5.78. The van der Waals surface area contributed by atoms with Crippen molar-refractivity contribution in [3.05, 3.63) is 47.5 Å². The SMILES string of the molecule is Cc1cc(C)n(C[C@@H](C)N2CCC(N3CCC(C(=O)NCc4cccnc4)CC3)CC2)n1. The first-order valence-corrected chi connectivity index (χ1v) is 12.2. The minimum absolute atomic E-state index is 0.142. The van der Waals surface area contributed by atoms with E-state index in [1.807, 2.05) is 18.3 Å². The van der Waals surface area contributed by atoms with Crippen molar-refractivity contribution in [1.82, 2.24) is 29.9 Å². The Bertz CT molecular complexity index is 866. The summed E-state index contributed by atoms with van der Waals surface area (Å²) in [7, 11) is 0. The van der Waals surface area contributed by atoms with Crippen LogP contribution in [0.4, 0.5) is 0 Å². The van der Waals surface area contributed by atoms with Gasteiger partial charge < -0.3 is 10.2 Å². The highest BCUT2D eigenvalue weighted by Gasteiger charge is 2.31. The summed E-state index contributed by atoms with van der Waals surface area (Å²) in [4.78, 5) is 21.9. The van der Waals surface area contributed by atoms with E-state index in [0.29, 0.717) is 18.6 Å². The van der Waals surface area contributed by atoms with Crippen LogP contribution in [-0.4, -0.2) is 68.7 Å². The molecule has 7 heteroatoms.